The summed E-state index contributed by atoms with van der Waals surface area (Å²) >= 11 is 0. The molecule has 0 aromatic heterocycles. The van der Waals surface area contributed by atoms with Crippen molar-refractivity contribution in [1.29, 1.82) is 0 Å². The van der Waals surface area contributed by atoms with E-state index in [0.717, 1.165) is 6.04 Å². The van der Waals surface area contributed by atoms with Gasteiger partial charge in [0, 0.05) is 0 Å². The van der Waals surface area contributed by atoms with Gasteiger partial charge in [-0.15, -0.1) is 0 Å². The van der Waals surface area contributed by atoms with E-state index in [4.69, 9.17) is 4.74 Å². The molecule has 104 valence electrons. The molecule has 2 N–H and O–H groups in total. The highest BCUT2D eigenvalue weighted by atomic mass is 28.3. The summed E-state index contributed by atoms with van der Waals surface area (Å²) in [5, 5.41) is 12.0. The summed E-state index contributed by atoms with van der Waals surface area (Å²) in [6.07, 6.45) is -0.141. The molecule has 0 saturated carbocycles. The molecule has 1 heterocycles. The topological polar surface area (TPSA) is 75.6 Å². The van der Waals surface area contributed by atoms with Crippen molar-refractivity contribution in [2.75, 3.05) is 0 Å². The van der Waals surface area contributed by atoms with Gasteiger partial charge in [-0.2, -0.15) is 0 Å². The second kappa shape index (κ2) is 4.57. The third-order valence-electron chi connectivity index (χ3n) is 3.16. The van der Waals surface area contributed by atoms with Crippen LogP contribution in [0.1, 0.15) is 27.2 Å². The van der Waals surface area contributed by atoms with Crippen molar-refractivity contribution in [3.05, 3.63) is 0 Å². The number of alkyl carbamates (subject to hydrolysis) is 1. The molecule has 5 nitrogen and oxygen atoms in total. The third kappa shape index (κ3) is 3.73. The highest BCUT2D eigenvalue weighted by Gasteiger charge is 2.51. The molecular formula is C12H23NO4Si. The van der Waals surface area contributed by atoms with Crippen molar-refractivity contribution in [2.24, 2.45) is 0 Å². The van der Waals surface area contributed by atoms with E-state index in [-0.39, 0.29) is 0 Å². The second-order valence-corrected chi connectivity index (χ2v) is 12.0. The van der Waals surface area contributed by atoms with Crippen LogP contribution in [-0.4, -0.2) is 36.4 Å². The van der Waals surface area contributed by atoms with Gasteiger partial charge in [0.1, 0.15) is 11.1 Å². The first-order valence-electron chi connectivity index (χ1n) is 6.20. The molecule has 1 aliphatic heterocycles. The normalized spacial score (nSPS) is 26.7. The van der Waals surface area contributed by atoms with Gasteiger partial charge in [-0.25, -0.2) is 9.59 Å². The number of rotatable bonds is 2. The predicted molar refractivity (Wildman–Crippen MR) is 71.4 cm³/mol. The molecule has 18 heavy (non-hydrogen) atoms. The summed E-state index contributed by atoms with van der Waals surface area (Å²) in [5.74, 6) is -0.952. The maximum atomic E-state index is 11.8. The number of nitrogens with one attached hydrogen (secondary N) is 1. The molecule has 1 saturated heterocycles. The van der Waals surface area contributed by atoms with Gasteiger partial charge in [-0.05, 0) is 33.2 Å². The maximum Gasteiger partial charge on any atom is 0.408 e. The molecular weight excluding hydrogens is 250 g/mol. The van der Waals surface area contributed by atoms with Gasteiger partial charge in [0.2, 0.25) is 0 Å². The van der Waals surface area contributed by atoms with Gasteiger partial charge >= 0.3 is 12.1 Å². The zero-order chi connectivity index (χ0) is 14.2. The van der Waals surface area contributed by atoms with Crippen molar-refractivity contribution >= 4 is 20.1 Å². The number of ether oxygens (including phenoxy) is 1. The third-order valence-corrected chi connectivity index (χ3v) is 6.32. The molecule has 0 bridgehead atoms. The minimum absolute atomic E-state index is 0.501. The predicted octanol–water partition coefficient (Wildman–Crippen LogP) is 2.45. The lowest BCUT2D eigenvalue weighted by Gasteiger charge is -2.29. The molecule has 1 atom stereocenters. The highest BCUT2D eigenvalue weighted by Crippen LogP contribution is 2.38. The van der Waals surface area contributed by atoms with E-state index in [1.54, 1.807) is 20.8 Å². The van der Waals surface area contributed by atoms with Gasteiger partial charge in [0.05, 0.1) is 8.07 Å². The van der Waals surface area contributed by atoms with E-state index in [9.17, 15) is 14.7 Å². The van der Waals surface area contributed by atoms with Crippen LogP contribution in [0.4, 0.5) is 4.79 Å². The average Bonchev–Trinajstić information content (AvgIpc) is 2.39. The van der Waals surface area contributed by atoms with Gasteiger partial charge in [0.25, 0.3) is 0 Å². The summed E-state index contributed by atoms with van der Waals surface area (Å²) in [6, 6.07) is 1.48. The fraction of sp³-hybridized carbons (Fsp3) is 0.833. The van der Waals surface area contributed by atoms with Crippen LogP contribution in [-0.2, 0) is 9.53 Å². The monoisotopic (exact) mass is 273 g/mol. The number of hydrogen-bond acceptors (Lipinski definition) is 3. The molecule has 0 radical (unpaired) electrons. The highest BCUT2D eigenvalue weighted by molar-refractivity contribution is 6.78. The molecule has 6 heteroatoms. The lowest BCUT2D eigenvalue weighted by atomic mass is 10.00. The van der Waals surface area contributed by atoms with Gasteiger partial charge in [-0.3, -0.25) is 0 Å². The van der Waals surface area contributed by atoms with Crippen LogP contribution in [0.3, 0.4) is 0 Å². The Bertz CT molecular complexity index is 362. The average molecular weight is 273 g/mol. The zero-order valence-corrected chi connectivity index (χ0v) is 12.8. The SMILES string of the molecule is CC(C)(C)OC(=O)NC1(C(=O)O)CC[Si](C)(C)C1. The van der Waals surface area contributed by atoms with Crippen LogP contribution in [0.2, 0.25) is 25.2 Å². The Balaban J connectivity index is 2.78. The van der Waals surface area contributed by atoms with E-state index in [1.807, 2.05) is 0 Å². The second-order valence-electron chi connectivity index (χ2n) is 6.86. The van der Waals surface area contributed by atoms with Crippen molar-refractivity contribution < 1.29 is 19.4 Å². The van der Waals surface area contributed by atoms with E-state index >= 15 is 0 Å². The molecule has 0 spiro atoms. The van der Waals surface area contributed by atoms with E-state index < -0.39 is 31.3 Å². The molecule has 0 aromatic carbocycles. The van der Waals surface area contributed by atoms with Crippen LogP contribution in [0.25, 0.3) is 0 Å². The first kappa shape index (κ1) is 15.0. The Morgan fingerprint density at radius 1 is 1.33 bits per heavy atom. The number of hydrogen-bond donors (Lipinski definition) is 2. The summed E-state index contributed by atoms with van der Waals surface area (Å²) in [7, 11) is -1.51. The minimum Gasteiger partial charge on any atom is -0.480 e. The van der Waals surface area contributed by atoms with Crippen LogP contribution in [0, 0.1) is 0 Å². The molecule has 1 rings (SSSR count). The Labute approximate surface area is 109 Å². The van der Waals surface area contributed by atoms with Crippen LogP contribution in [0.5, 0.6) is 0 Å². The number of aliphatic carboxylic acids is 1. The Hall–Kier alpha value is -1.04. The largest absolute Gasteiger partial charge is 0.480 e. The fourth-order valence-corrected chi connectivity index (χ4v) is 5.72. The molecule has 1 fully saturated rings. The summed E-state index contributed by atoms with van der Waals surface area (Å²) in [5.41, 5.74) is -1.74. The van der Waals surface area contributed by atoms with E-state index in [0.29, 0.717) is 12.5 Å². The maximum absolute atomic E-state index is 11.8. The van der Waals surface area contributed by atoms with Gasteiger partial charge in [0.15, 0.2) is 0 Å². The molecule has 0 aliphatic carbocycles. The van der Waals surface area contributed by atoms with E-state index in [2.05, 4.69) is 18.4 Å². The van der Waals surface area contributed by atoms with E-state index in [1.165, 1.54) is 0 Å². The zero-order valence-electron chi connectivity index (χ0n) is 11.8. The Morgan fingerprint density at radius 2 is 1.89 bits per heavy atom. The quantitative estimate of drug-likeness (QED) is 0.758. The van der Waals surface area contributed by atoms with Crippen molar-refractivity contribution in [3.8, 4) is 0 Å². The van der Waals surface area contributed by atoms with Crippen molar-refractivity contribution in [1.82, 2.24) is 5.32 Å². The lowest BCUT2D eigenvalue weighted by Crippen LogP contribution is -2.54. The van der Waals surface area contributed by atoms with Crippen LogP contribution >= 0.6 is 0 Å². The number of carbonyl (C=O) groups excluding carboxylic acids is 1. The first-order valence-corrected chi connectivity index (χ1v) is 9.62. The molecule has 0 aromatic rings. The molecule has 1 aliphatic rings. The lowest BCUT2D eigenvalue weighted by molar-refractivity contribution is -0.143. The number of amides is 1. The standard InChI is InChI=1S/C12H23NO4Si/c1-11(2,3)17-10(16)13-12(9(14)15)6-7-18(4,5)8-12/h6-8H2,1-5H3,(H,13,16)(H,14,15). The number of carbonyl (C=O) groups is 2. The van der Waals surface area contributed by atoms with Crippen LogP contribution < -0.4 is 5.32 Å². The smallest absolute Gasteiger partial charge is 0.408 e. The summed E-state index contributed by atoms with van der Waals surface area (Å²) < 4.78 is 5.15. The van der Waals surface area contributed by atoms with Crippen molar-refractivity contribution in [2.45, 2.75) is 63.5 Å². The van der Waals surface area contributed by atoms with Gasteiger partial charge < -0.3 is 15.2 Å². The summed E-state index contributed by atoms with van der Waals surface area (Å²) in [6.45, 7) is 9.57. The first-order chi connectivity index (χ1) is 7.96. The van der Waals surface area contributed by atoms with Gasteiger partial charge in [-0.1, -0.05) is 19.1 Å². The van der Waals surface area contributed by atoms with Crippen LogP contribution in [0.15, 0.2) is 0 Å². The Kier molecular flexibility index (Phi) is 3.81. The minimum atomic E-state index is -1.51. The summed E-state index contributed by atoms with van der Waals surface area (Å²) in [4.78, 5) is 23.2. The number of carboxylic acids is 1. The van der Waals surface area contributed by atoms with Crippen molar-refractivity contribution in [3.63, 3.8) is 0 Å². The fourth-order valence-electron chi connectivity index (χ4n) is 2.39. The Morgan fingerprint density at radius 3 is 2.22 bits per heavy atom. The molecule has 1 amide bonds. The number of carboxylic acid groups (broad SMARTS) is 1. The molecule has 1 unspecified atom stereocenters.